The van der Waals surface area contributed by atoms with Crippen LogP contribution in [0.2, 0.25) is 0 Å². The van der Waals surface area contributed by atoms with Crippen molar-refractivity contribution in [2.24, 2.45) is 0 Å². The Morgan fingerprint density at radius 2 is 1.86 bits per heavy atom. The van der Waals surface area contributed by atoms with Crippen LogP contribution in [-0.4, -0.2) is 40.0 Å². The van der Waals surface area contributed by atoms with Crippen LogP contribution >= 0.6 is 0 Å². The van der Waals surface area contributed by atoms with Gasteiger partial charge in [0.2, 0.25) is 5.89 Å². The van der Waals surface area contributed by atoms with Gasteiger partial charge in [-0.1, -0.05) is 0 Å². The van der Waals surface area contributed by atoms with Crippen molar-refractivity contribution in [2.75, 3.05) is 13.1 Å². The van der Waals surface area contributed by atoms with Crippen LogP contribution in [0.1, 0.15) is 13.8 Å². The summed E-state index contributed by atoms with van der Waals surface area (Å²) in [6.07, 6.45) is 0.228. The molecule has 0 saturated carbocycles. The van der Waals surface area contributed by atoms with Crippen LogP contribution in [0.5, 0.6) is 0 Å². The van der Waals surface area contributed by atoms with Crippen molar-refractivity contribution in [1.29, 1.82) is 0 Å². The summed E-state index contributed by atoms with van der Waals surface area (Å²) in [6.45, 7) is 5.81. The van der Waals surface area contributed by atoms with Gasteiger partial charge in [-0.25, -0.2) is 9.18 Å². The van der Waals surface area contributed by atoms with Crippen molar-refractivity contribution < 1.29 is 13.5 Å². The maximum absolute atomic E-state index is 12.9. The highest BCUT2D eigenvalue weighted by atomic mass is 19.1. The summed E-state index contributed by atoms with van der Waals surface area (Å²) in [4.78, 5) is 14.0. The molecule has 0 radical (unpaired) electrons. The molecule has 0 aliphatic carbocycles. The molecule has 0 unspecified atom stereocenters. The van der Waals surface area contributed by atoms with Gasteiger partial charge in [-0.2, -0.15) is 4.68 Å². The summed E-state index contributed by atoms with van der Waals surface area (Å²) in [7, 11) is 0. The molecule has 0 N–H and O–H groups in total. The van der Waals surface area contributed by atoms with E-state index in [9.17, 15) is 9.18 Å². The van der Waals surface area contributed by atoms with Gasteiger partial charge in [-0.05, 0) is 38.1 Å². The first kappa shape index (κ1) is 14.9. The minimum atomic E-state index is -0.522. The summed E-state index contributed by atoms with van der Waals surface area (Å²) < 4.78 is 25.0. The SMILES string of the molecule is C[C@@H]1CN(Cn2nc(-c3ccc(F)cc3)oc2=O)C[C@H](C)O1. The Kier molecular flexibility index (Phi) is 4.08. The number of rotatable bonds is 3. The number of nitrogens with zero attached hydrogens (tertiary/aromatic N) is 3. The number of hydrogen-bond acceptors (Lipinski definition) is 5. The number of ether oxygens (including phenoxy) is 1. The molecule has 1 fully saturated rings. The molecule has 3 rings (SSSR count). The number of morpholine rings is 1. The molecule has 0 amide bonds. The maximum Gasteiger partial charge on any atom is 0.438 e. The molecule has 1 aliphatic heterocycles. The van der Waals surface area contributed by atoms with E-state index in [1.807, 2.05) is 13.8 Å². The monoisotopic (exact) mass is 307 g/mol. The van der Waals surface area contributed by atoms with E-state index in [0.29, 0.717) is 12.2 Å². The lowest BCUT2D eigenvalue weighted by Gasteiger charge is -2.34. The summed E-state index contributed by atoms with van der Waals surface area (Å²) in [5.41, 5.74) is 0.570. The maximum atomic E-state index is 12.9. The molecule has 2 heterocycles. The van der Waals surface area contributed by atoms with Gasteiger partial charge in [0.25, 0.3) is 0 Å². The van der Waals surface area contributed by atoms with Crippen molar-refractivity contribution in [3.8, 4) is 11.5 Å². The van der Waals surface area contributed by atoms with Gasteiger partial charge in [-0.15, -0.1) is 5.10 Å². The Balaban J connectivity index is 1.78. The average Bonchev–Trinajstić information content (AvgIpc) is 2.80. The lowest BCUT2D eigenvalue weighted by molar-refractivity contribution is -0.0780. The van der Waals surface area contributed by atoms with Gasteiger partial charge in [0.15, 0.2) is 0 Å². The Bertz CT molecular complexity index is 685. The second kappa shape index (κ2) is 6.02. The van der Waals surface area contributed by atoms with Crippen LogP contribution in [0.15, 0.2) is 33.5 Å². The minimum Gasteiger partial charge on any atom is -0.388 e. The molecule has 1 aromatic carbocycles. The molecule has 1 saturated heterocycles. The lowest BCUT2D eigenvalue weighted by Crippen LogP contribution is -2.47. The molecule has 0 bridgehead atoms. The Morgan fingerprint density at radius 3 is 2.50 bits per heavy atom. The molecule has 1 aliphatic rings. The molecule has 118 valence electrons. The van der Waals surface area contributed by atoms with Gasteiger partial charge in [0.05, 0.1) is 12.2 Å². The normalized spacial score (nSPS) is 22.9. The van der Waals surface area contributed by atoms with E-state index in [4.69, 9.17) is 9.15 Å². The number of aromatic nitrogens is 2. The highest BCUT2D eigenvalue weighted by Crippen LogP contribution is 2.16. The zero-order chi connectivity index (χ0) is 15.7. The van der Waals surface area contributed by atoms with Gasteiger partial charge in [0, 0.05) is 18.7 Å². The van der Waals surface area contributed by atoms with E-state index in [2.05, 4.69) is 10.00 Å². The first-order chi connectivity index (χ1) is 10.5. The predicted octanol–water partition coefficient (Wildman–Crippen LogP) is 1.71. The fourth-order valence-corrected chi connectivity index (χ4v) is 2.69. The van der Waals surface area contributed by atoms with E-state index >= 15 is 0 Å². The molecule has 22 heavy (non-hydrogen) atoms. The smallest absolute Gasteiger partial charge is 0.388 e. The van der Waals surface area contributed by atoms with E-state index in [1.165, 1.54) is 28.9 Å². The molecule has 2 aromatic rings. The van der Waals surface area contributed by atoms with Crippen molar-refractivity contribution in [3.63, 3.8) is 0 Å². The van der Waals surface area contributed by atoms with Gasteiger partial charge in [-0.3, -0.25) is 4.90 Å². The van der Waals surface area contributed by atoms with Gasteiger partial charge in [0.1, 0.15) is 12.5 Å². The highest BCUT2D eigenvalue weighted by Gasteiger charge is 2.23. The lowest BCUT2D eigenvalue weighted by atomic mass is 10.2. The topological polar surface area (TPSA) is 60.5 Å². The van der Waals surface area contributed by atoms with Crippen LogP contribution in [0.4, 0.5) is 4.39 Å². The standard InChI is InChI=1S/C15H18FN3O3/c1-10-7-18(8-11(2)21-10)9-19-15(20)22-14(17-19)12-3-5-13(16)6-4-12/h3-6,10-11H,7-9H2,1-2H3/t10-,11+. The van der Waals surface area contributed by atoms with Crippen molar-refractivity contribution in [2.45, 2.75) is 32.7 Å². The first-order valence-electron chi connectivity index (χ1n) is 7.23. The zero-order valence-corrected chi connectivity index (χ0v) is 12.5. The molecule has 2 atom stereocenters. The third-order valence-electron chi connectivity index (χ3n) is 3.53. The molecular weight excluding hydrogens is 289 g/mol. The second-order valence-electron chi connectivity index (χ2n) is 5.61. The van der Waals surface area contributed by atoms with Crippen LogP contribution in [0, 0.1) is 5.82 Å². The third-order valence-corrected chi connectivity index (χ3v) is 3.53. The number of halogens is 1. The van der Waals surface area contributed by atoms with Crippen LogP contribution in [0.3, 0.4) is 0 Å². The van der Waals surface area contributed by atoms with Crippen LogP contribution < -0.4 is 5.76 Å². The van der Waals surface area contributed by atoms with Crippen molar-refractivity contribution in [1.82, 2.24) is 14.7 Å². The third kappa shape index (κ3) is 3.26. The summed E-state index contributed by atoms with van der Waals surface area (Å²) >= 11 is 0. The molecule has 6 nitrogen and oxygen atoms in total. The Hall–Kier alpha value is -1.99. The van der Waals surface area contributed by atoms with Crippen LogP contribution in [-0.2, 0) is 11.4 Å². The molecule has 0 spiro atoms. The van der Waals surface area contributed by atoms with Crippen molar-refractivity contribution >= 4 is 0 Å². The summed E-state index contributed by atoms with van der Waals surface area (Å²) in [5.74, 6) is -0.674. The number of benzene rings is 1. The van der Waals surface area contributed by atoms with E-state index in [1.54, 1.807) is 0 Å². The largest absolute Gasteiger partial charge is 0.438 e. The predicted molar refractivity (Wildman–Crippen MR) is 77.7 cm³/mol. The highest BCUT2D eigenvalue weighted by molar-refractivity contribution is 5.51. The van der Waals surface area contributed by atoms with Gasteiger partial charge >= 0.3 is 5.76 Å². The second-order valence-corrected chi connectivity index (χ2v) is 5.61. The summed E-state index contributed by atoms with van der Waals surface area (Å²) in [6, 6.07) is 5.67. The quantitative estimate of drug-likeness (QED) is 0.864. The van der Waals surface area contributed by atoms with Gasteiger partial charge < -0.3 is 9.15 Å². The van der Waals surface area contributed by atoms with E-state index < -0.39 is 5.76 Å². The summed E-state index contributed by atoms with van der Waals surface area (Å²) in [5, 5.41) is 4.19. The fraction of sp³-hybridized carbons (Fsp3) is 0.467. The van der Waals surface area contributed by atoms with Crippen LogP contribution in [0.25, 0.3) is 11.5 Å². The Morgan fingerprint density at radius 1 is 1.23 bits per heavy atom. The molecular formula is C15H18FN3O3. The molecule has 1 aromatic heterocycles. The Labute approximate surface area is 127 Å². The number of hydrogen-bond donors (Lipinski definition) is 0. The fourth-order valence-electron chi connectivity index (χ4n) is 2.69. The average molecular weight is 307 g/mol. The zero-order valence-electron chi connectivity index (χ0n) is 12.5. The van der Waals surface area contributed by atoms with E-state index in [0.717, 1.165) is 13.1 Å². The van der Waals surface area contributed by atoms with E-state index in [-0.39, 0.29) is 23.9 Å². The molecule has 7 heteroatoms. The van der Waals surface area contributed by atoms with Crippen molar-refractivity contribution in [3.05, 3.63) is 40.6 Å². The minimum absolute atomic E-state index is 0.114. The first-order valence-corrected chi connectivity index (χ1v) is 7.23.